The molecule has 2 fully saturated rings. The van der Waals surface area contributed by atoms with E-state index in [2.05, 4.69) is 0 Å². The maximum atomic E-state index is 12.4. The maximum absolute atomic E-state index is 12.4. The van der Waals surface area contributed by atoms with Crippen LogP contribution in [0.4, 0.5) is 13.2 Å². The van der Waals surface area contributed by atoms with Crippen molar-refractivity contribution in [1.29, 1.82) is 0 Å². The van der Waals surface area contributed by atoms with Crippen LogP contribution in [0.2, 0.25) is 0 Å². The van der Waals surface area contributed by atoms with Gasteiger partial charge in [-0.25, -0.2) is 0 Å². The van der Waals surface area contributed by atoms with Crippen LogP contribution in [0.1, 0.15) is 38.5 Å². The highest BCUT2D eigenvalue weighted by molar-refractivity contribution is 4.88. The lowest BCUT2D eigenvalue weighted by molar-refractivity contribution is -0.211. The second-order valence-corrected chi connectivity index (χ2v) is 5.31. The van der Waals surface area contributed by atoms with Gasteiger partial charge in [0.1, 0.15) is 0 Å². The Kier molecular flexibility index (Phi) is 3.98. The molecule has 0 aromatic heterocycles. The summed E-state index contributed by atoms with van der Waals surface area (Å²) in [4.78, 5) is 1.87. The Bertz CT molecular complexity index is 255. The molecule has 1 N–H and O–H groups in total. The quantitative estimate of drug-likeness (QED) is 0.815. The number of likely N-dealkylation sites (tertiary alicyclic amines) is 1. The number of hydrogen-bond donors (Lipinski definition) is 1. The van der Waals surface area contributed by atoms with Crippen molar-refractivity contribution in [2.24, 2.45) is 5.92 Å². The van der Waals surface area contributed by atoms with Crippen molar-refractivity contribution in [3.05, 3.63) is 0 Å². The molecule has 2 aliphatic rings. The second kappa shape index (κ2) is 5.14. The van der Waals surface area contributed by atoms with Crippen LogP contribution in [0.25, 0.3) is 0 Å². The lowest BCUT2D eigenvalue weighted by atomic mass is 9.78. The monoisotopic (exact) mass is 251 g/mol. The molecule has 5 heteroatoms. The van der Waals surface area contributed by atoms with Gasteiger partial charge in [0, 0.05) is 12.6 Å². The molecule has 17 heavy (non-hydrogen) atoms. The van der Waals surface area contributed by atoms with Gasteiger partial charge in [-0.2, -0.15) is 13.2 Å². The van der Waals surface area contributed by atoms with E-state index in [9.17, 15) is 13.2 Å². The highest BCUT2D eigenvalue weighted by atomic mass is 19.4. The summed E-state index contributed by atoms with van der Waals surface area (Å²) in [5.74, 6) is 0.554. The molecule has 0 aromatic rings. The first-order valence-corrected chi connectivity index (χ1v) is 6.47. The van der Waals surface area contributed by atoms with E-state index in [1.807, 2.05) is 4.90 Å². The summed E-state index contributed by atoms with van der Waals surface area (Å²) in [7, 11) is 0. The van der Waals surface area contributed by atoms with E-state index in [1.165, 1.54) is 6.42 Å². The van der Waals surface area contributed by atoms with Crippen LogP contribution in [0.3, 0.4) is 0 Å². The third-order valence-electron chi connectivity index (χ3n) is 4.14. The van der Waals surface area contributed by atoms with E-state index < -0.39 is 12.3 Å². The van der Waals surface area contributed by atoms with Crippen LogP contribution in [-0.4, -0.2) is 41.4 Å². The molecule has 1 saturated heterocycles. The summed E-state index contributed by atoms with van der Waals surface area (Å²) in [5, 5.41) is 9.16. The van der Waals surface area contributed by atoms with Crippen molar-refractivity contribution in [2.75, 3.05) is 13.1 Å². The predicted molar refractivity (Wildman–Crippen MR) is 58.6 cm³/mol. The first kappa shape index (κ1) is 13.1. The molecule has 0 spiro atoms. The first-order chi connectivity index (χ1) is 7.98. The number of alkyl halides is 3. The molecule has 0 aromatic carbocycles. The SMILES string of the molecule is OC(CN1CCC[C@H]2CCCC[C@H]21)C(F)(F)F. The third-order valence-corrected chi connectivity index (χ3v) is 4.14. The molecule has 0 bridgehead atoms. The van der Waals surface area contributed by atoms with E-state index in [0.29, 0.717) is 12.5 Å². The van der Waals surface area contributed by atoms with Gasteiger partial charge in [0.15, 0.2) is 6.10 Å². The lowest BCUT2D eigenvalue weighted by Gasteiger charge is -2.44. The standard InChI is InChI=1S/C12H20F3NO/c13-12(14,15)11(17)8-16-7-3-5-9-4-1-2-6-10(9)16/h9-11,17H,1-8H2/t9-,10-,11?/m1/s1. The van der Waals surface area contributed by atoms with Gasteiger partial charge in [0.25, 0.3) is 0 Å². The number of aliphatic hydroxyl groups is 1. The highest BCUT2D eigenvalue weighted by Gasteiger charge is 2.42. The number of aliphatic hydroxyl groups excluding tert-OH is 1. The van der Waals surface area contributed by atoms with Gasteiger partial charge >= 0.3 is 6.18 Å². The van der Waals surface area contributed by atoms with Crippen LogP contribution < -0.4 is 0 Å². The van der Waals surface area contributed by atoms with E-state index in [0.717, 1.165) is 32.1 Å². The zero-order chi connectivity index (χ0) is 12.5. The summed E-state index contributed by atoms with van der Waals surface area (Å²) in [6.07, 6.45) is -0.116. The smallest absolute Gasteiger partial charge is 0.382 e. The number of rotatable bonds is 2. The summed E-state index contributed by atoms with van der Waals surface area (Å²) < 4.78 is 37.1. The fourth-order valence-corrected chi connectivity index (χ4v) is 3.28. The van der Waals surface area contributed by atoms with Crippen LogP contribution >= 0.6 is 0 Å². The van der Waals surface area contributed by atoms with Crippen molar-refractivity contribution in [3.8, 4) is 0 Å². The Hall–Kier alpha value is -0.290. The molecular weight excluding hydrogens is 231 g/mol. The molecule has 100 valence electrons. The zero-order valence-electron chi connectivity index (χ0n) is 9.92. The molecule has 1 unspecified atom stereocenters. The molecule has 3 atom stereocenters. The van der Waals surface area contributed by atoms with Gasteiger partial charge < -0.3 is 5.11 Å². The summed E-state index contributed by atoms with van der Waals surface area (Å²) in [6, 6.07) is 0.273. The van der Waals surface area contributed by atoms with Crippen molar-refractivity contribution in [1.82, 2.24) is 4.90 Å². The molecule has 0 amide bonds. The third kappa shape index (κ3) is 3.13. The Balaban J connectivity index is 1.95. The van der Waals surface area contributed by atoms with Gasteiger partial charge in [-0.05, 0) is 38.1 Å². The molecule has 2 nitrogen and oxygen atoms in total. The Labute approximate surface area is 99.8 Å². The molecule has 1 aliphatic heterocycles. The first-order valence-electron chi connectivity index (χ1n) is 6.47. The van der Waals surface area contributed by atoms with E-state index in [1.54, 1.807) is 0 Å². The van der Waals surface area contributed by atoms with Gasteiger partial charge in [0.2, 0.25) is 0 Å². The van der Waals surface area contributed by atoms with Crippen molar-refractivity contribution in [2.45, 2.75) is 56.8 Å². The molecule has 1 heterocycles. The van der Waals surface area contributed by atoms with Crippen LogP contribution in [-0.2, 0) is 0 Å². The van der Waals surface area contributed by atoms with Gasteiger partial charge in [0.05, 0.1) is 0 Å². The Morgan fingerprint density at radius 2 is 1.76 bits per heavy atom. The zero-order valence-corrected chi connectivity index (χ0v) is 9.92. The van der Waals surface area contributed by atoms with E-state index >= 15 is 0 Å². The summed E-state index contributed by atoms with van der Waals surface area (Å²) in [5.41, 5.74) is 0. The lowest BCUT2D eigenvalue weighted by Crippen LogP contribution is -2.51. The topological polar surface area (TPSA) is 23.5 Å². The van der Waals surface area contributed by atoms with Gasteiger partial charge in [-0.1, -0.05) is 12.8 Å². The normalized spacial score (nSPS) is 33.2. The van der Waals surface area contributed by atoms with Crippen molar-refractivity contribution < 1.29 is 18.3 Å². The van der Waals surface area contributed by atoms with Crippen LogP contribution in [0.15, 0.2) is 0 Å². The second-order valence-electron chi connectivity index (χ2n) is 5.31. The maximum Gasteiger partial charge on any atom is 0.415 e. The molecule has 0 radical (unpaired) electrons. The number of β-amino-alcohol motifs (C(OH)–C–C–N with tert-alkyl or cyclic N) is 1. The Morgan fingerprint density at radius 1 is 1.12 bits per heavy atom. The van der Waals surface area contributed by atoms with E-state index in [-0.39, 0.29) is 12.6 Å². The molecule has 1 aliphatic carbocycles. The molecule has 1 saturated carbocycles. The highest BCUT2D eigenvalue weighted by Crippen LogP contribution is 2.36. The van der Waals surface area contributed by atoms with Gasteiger partial charge in [-0.15, -0.1) is 0 Å². The average Bonchev–Trinajstić information content (AvgIpc) is 2.28. The van der Waals surface area contributed by atoms with E-state index in [4.69, 9.17) is 5.11 Å². The number of fused-ring (bicyclic) bond motifs is 1. The summed E-state index contributed by atoms with van der Waals surface area (Å²) in [6.45, 7) is 0.457. The number of halogens is 3. The fourth-order valence-electron chi connectivity index (χ4n) is 3.28. The molecular formula is C12H20F3NO. The average molecular weight is 251 g/mol. The number of piperidine rings is 1. The van der Waals surface area contributed by atoms with Crippen LogP contribution in [0.5, 0.6) is 0 Å². The number of hydrogen-bond acceptors (Lipinski definition) is 2. The minimum atomic E-state index is -4.48. The Morgan fingerprint density at radius 3 is 2.47 bits per heavy atom. The van der Waals surface area contributed by atoms with Crippen LogP contribution in [0, 0.1) is 5.92 Å². The minimum Gasteiger partial charge on any atom is -0.382 e. The van der Waals surface area contributed by atoms with Gasteiger partial charge in [-0.3, -0.25) is 4.90 Å². The van der Waals surface area contributed by atoms with Crippen molar-refractivity contribution in [3.63, 3.8) is 0 Å². The van der Waals surface area contributed by atoms with Crippen molar-refractivity contribution >= 4 is 0 Å². The minimum absolute atomic E-state index is 0.245. The fraction of sp³-hybridized carbons (Fsp3) is 1.00. The largest absolute Gasteiger partial charge is 0.415 e. The predicted octanol–water partition coefficient (Wildman–Crippen LogP) is 2.56. The summed E-state index contributed by atoms with van der Waals surface area (Å²) >= 11 is 0. The number of nitrogens with zero attached hydrogens (tertiary/aromatic N) is 1. The molecule has 2 rings (SSSR count).